The zero-order valence-corrected chi connectivity index (χ0v) is 13.8. The van der Waals surface area contributed by atoms with E-state index in [2.05, 4.69) is 15.0 Å². The van der Waals surface area contributed by atoms with Crippen molar-refractivity contribution in [2.24, 2.45) is 0 Å². The Balaban J connectivity index is 1.56. The van der Waals surface area contributed by atoms with Gasteiger partial charge in [-0.2, -0.15) is 5.10 Å². The SMILES string of the molecule is C[C@@H](C(=O)N1CCCN(Cc2ccc(F)cc2)CC1)n1cncn1. The van der Waals surface area contributed by atoms with Gasteiger partial charge in [0.25, 0.3) is 0 Å². The average molecular weight is 331 g/mol. The molecule has 1 atom stereocenters. The van der Waals surface area contributed by atoms with Crippen LogP contribution >= 0.6 is 0 Å². The van der Waals surface area contributed by atoms with E-state index in [-0.39, 0.29) is 17.8 Å². The Morgan fingerprint density at radius 1 is 1.21 bits per heavy atom. The van der Waals surface area contributed by atoms with E-state index < -0.39 is 0 Å². The molecule has 0 radical (unpaired) electrons. The summed E-state index contributed by atoms with van der Waals surface area (Å²) in [6.45, 7) is 5.81. The number of aromatic nitrogens is 3. The van der Waals surface area contributed by atoms with E-state index in [9.17, 15) is 9.18 Å². The molecule has 128 valence electrons. The van der Waals surface area contributed by atoms with Crippen LogP contribution in [0.5, 0.6) is 0 Å². The Morgan fingerprint density at radius 3 is 2.71 bits per heavy atom. The molecule has 0 unspecified atom stereocenters. The summed E-state index contributed by atoms with van der Waals surface area (Å²) in [5.74, 6) is -0.141. The topological polar surface area (TPSA) is 54.3 Å². The highest BCUT2D eigenvalue weighted by molar-refractivity contribution is 5.80. The number of benzene rings is 1. The average Bonchev–Trinajstić information content (AvgIpc) is 3.03. The van der Waals surface area contributed by atoms with E-state index in [1.54, 1.807) is 11.0 Å². The molecule has 0 aliphatic carbocycles. The summed E-state index contributed by atoms with van der Waals surface area (Å²) in [4.78, 5) is 20.7. The summed E-state index contributed by atoms with van der Waals surface area (Å²) in [5, 5.41) is 4.05. The first-order valence-corrected chi connectivity index (χ1v) is 8.23. The van der Waals surface area contributed by atoms with E-state index in [1.165, 1.54) is 18.5 Å². The van der Waals surface area contributed by atoms with Crippen LogP contribution in [0.3, 0.4) is 0 Å². The lowest BCUT2D eigenvalue weighted by molar-refractivity contribution is -0.134. The van der Waals surface area contributed by atoms with Crippen LogP contribution in [0.2, 0.25) is 0 Å². The van der Waals surface area contributed by atoms with Gasteiger partial charge >= 0.3 is 0 Å². The lowest BCUT2D eigenvalue weighted by Gasteiger charge is -2.24. The predicted molar refractivity (Wildman–Crippen MR) is 87.6 cm³/mol. The van der Waals surface area contributed by atoms with Gasteiger partial charge in [-0.1, -0.05) is 12.1 Å². The molecule has 3 rings (SSSR count). The number of hydrogen-bond acceptors (Lipinski definition) is 4. The molecule has 1 saturated heterocycles. The van der Waals surface area contributed by atoms with Gasteiger partial charge in [-0.05, 0) is 31.0 Å². The minimum atomic E-state index is -0.337. The molecule has 1 fully saturated rings. The lowest BCUT2D eigenvalue weighted by atomic mass is 10.2. The number of halogens is 1. The van der Waals surface area contributed by atoms with Gasteiger partial charge in [0, 0.05) is 32.7 Å². The van der Waals surface area contributed by atoms with Gasteiger partial charge in [0.05, 0.1) is 0 Å². The first-order chi connectivity index (χ1) is 11.6. The second-order valence-corrected chi connectivity index (χ2v) is 6.13. The molecule has 2 heterocycles. The lowest BCUT2D eigenvalue weighted by Crippen LogP contribution is -2.39. The van der Waals surface area contributed by atoms with Crippen LogP contribution in [0.25, 0.3) is 0 Å². The second kappa shape index (κ2) is 7.53. The van der Waals surface area contributed by atoms with Crippen LogP contribution in [-0.2, 0) is 11.3 Å². The molecule has 6 nitrogen and oxygen atoms in total. The summed E-state index contributed by atoms with van der Waals surface area (Å²) >= 11 is 0. The monoisotopic (exact) mass is 331 g/mol. The fourth-order valence-corrected chi connectivity index (χ4v) is 2.99. The van der Waals surface area contributed by atoms with Crippen molar-refractivity contribution in [3.8, 4) is 0 Å². The Hall–Kier alpha value is -2.28. The van der Waals surface area contributed by atoms with Gasteiger partial charge in [-0.25, -0.2) is 14.1 Å². The molecule has 24 heavy (non-hydrogen) atoms. The van der Waals surface area contributed by atoms with Crippen LogP contribution in [0.4, 0.5) is 4.39 Å². The van der Waals surface area contributed by atoms with E-state index in [4.69, 9.17) is 0 Å². The summed E-state index contributed by atoms with van der Waals surface area (Å²) in [7, 11) is 0. The zero-order valence-electron chi connectivity index (χ0n) is 13.8. The third-order valence-electron chi connectivity index (χ3n) is 4.41. The Morgan fingerprint density at radius 2 is 2.00 bits per heavy atom. The number of nitrogens with zero attached hydrogens (tertiary/aromatic N) is 5. The molecule has 1 aliphatic rings. The zero-order chi connectivity index (χ0) is 16.9. The van der Waals surface area contributed by atoms with Crippen LogP contribution in [0, 0.1) is 5.82 Å². The van der Waals surface area contributed by atoms with E-state index in [0.717, 1.165) is 38.2 Å². The number of hydrogen-bond donors (Lipinski definition) is 0. The number of carbonyl (C=O) groups is 1. The molecule has 0 bridgehead atoms. The van der Waals surface area contributed by atoms with Gasteiger partial charge < -0.3 is 4.90 Å². The van der Waals surface area contributed by atoms with Crippen LogP contribution in [-0.4, -0.2) is 56.7 Å². The van der Waals surface area contributed by atoms with E-state index >= 15 is 0 Å². The highest BCUT2D eigenvalue weighted by Gasteiger charge is 2.24. The largest absolute Gasteiger partial charge is 0.340 e. The first kappa shape index (κ1) is 16.6. The molecule has 2 aromatic rings. The minimum Gasteiger partial charge on any atom is -0.340 e. The summed E-state index contributed by atoms with van der Waals surface area (Å²) < 4.78 is 14.6. The van der Waals surface area contributed by atoms with Gasteiger partial charge in [-0.3, -0.25) is 9.69 Å². The molecular weight excluding hydrogens is 309 g/mol. The molecule has 1 aromatic carbocycles. The van der Waals surface area contributed by atoms with Crippen LogP contribution in [0.15, 0.2) is 36.9 Å². The standard InChI is InChI=1S/C17H22FN5O/c1-14(23-13-19-12-20-23)17(24)22-8-2-7-21(9-10-22)11-15-3-5-16(18)6-4-15/h3-6,12-14H,2,7-11H2,1H3/t14-/m0/s1. The fourth-order valence-electron chi connectivity index (χ4n) is 2.99. The van der Waals surface area contributed by atoms with E-state index in [1.807, 2.05) is 24.0 Å². The first-order valence-electron chi connectivity index (χ1n) is 8.23. The number of carbonyl (C=O) groups excluding carboxylic acids is 1. The van der Waals surface area contributed by atoms with Crippen molar-refractivity contribution in [3.63, 3.8) is 0 Å². The van der Waals surface area contributed by atoms with Crippen molar-refractivity contribution >= 4 is 5.91 Å². The smallest absolute Gasteiger partial charge is 0.247 e. The Kier molecular flexibility index (Phi) is 5.20. The molecule has 1 aromatic heterocycles. The quantitative estimate of drug-likeness (QED) is 0.856. The van der Waals surface area contributed by atoms with Gasteiger partial charge in [0.1, 0.15) is 24.5 Å². The molecule has 7 heteroatoms. The Labute approximate surface area is 140 Å². The second-order valence-electron chi connectivity index (χ2n) is 6.13. The maximum absolute atomic E-state index is 13.0. The summed E-state index contributed by atoms with van der Waals surface area (Å²) in [5.41, 5.74) is 1.09. The summed E-state index contributed by atoms with van der Waals surface area (Å²) in [6.07, 6.45) is 3.94. The predicted octanol–water partition coefficient (Wildman–Crippen LogP) is 1.71. The molecule has 1 aliphatic heterocycles. The molecule has 1 amide bonds. The van der Waals surface area contributed by atoms with Crippen molar-refractivity contribution in [3.05, 3.63) is 48.3 Å². The molecule has 0 N–H and O–H groups in total. The van der Waals surface area contributed by atoms with Crippen molar-refractivity contribution in [1.82, 2.24) is 24.6 Å². The van der Waals surface area contributed by atoms with E-state index in [0.29, 0.717) is 6.54 Å². The van der Waals surface area contributed by atoms with Gasteiger partial charge in [0.2, 0.25) is 5.91 Å². The number of amides is 1. The highest BCUT2D eigenvalue weighted by Crippen LogP contribution is 2.13. The minimum absolute atomic E-state index is 0.0733. The number of rotatable bonds is 4. The van der Waals surface area contributed by atoms with Crippen molar-refractivity contribution in [2.45, 2.75) is 25.9 Å². The molecule has 0 saturated carbocycles. The normalized spacial score (nSPS) is 17.5. The van der Waals surface area contributed by atoms with Crippen molar-refractivity contribution in [2.75, 3.05) is 26.2 Å². The van der Waals surface area contributed by atoms with Crippen LogP contribution < -0.4 is 0 Å². The maximum atomic E-state index is 13.0. The van der Waals surface area contributed by atoms with Crippen molar-refractivity contribution in [1.29, 1.82) is 0 Å². The maximum Gasteiger partial charge on any atom is 0.247 e. The third kappa shape index (κ3) is 3.97. The Bertz CT molecular complexity index is 658. The fraction of sp³-hybridized carbons (Fsp3) is 0.471. The van der Waals surface area contributed by atoms with Gasteiger partial charge in [-0.15, -0.1) is 0 Å². The molecule has 0 spiro atoms. The van der Waals surface area contributed by atoms with Crippen molar-refractivity contribution < 1.29 is 9.18 Å². The molecular formula is C17H22FN5O. The van der Waals surface area contributed by atoms with Crippen LogP contribution in [0.1, 0.15) is 24.9 Å². The van der Waals surface area contributed by atoms with Gasteiger partial charge in [0.15, 0.2) is 0 Å². The summed E-state index contributed by atoms with van der Waals surface area (Å²) in [6, 6.07) is 6.27. The highest BCUT2D eigenvalue weighted by atomic mass is 19.1. The third-order valence-corrected chi connectivity index (χ3v) is 4.41.